The zero-order chi connectivity index (χ0) is 29.1. The summed E-state index contributed by atoms with van der Waals surface area (Å²) in [6.07, 6.45) is 1.28. The average molecular weight is 695 g/mol. The Bertz CT molecular complexity index is 1310. The summed E-state index contributed by atoms with van der Waals surface area (Å²) in [6.45, 7) is 7.99. The Kier molecular flexibility index (Phi) is 9.86. The number of thiazole rings is 1. The number of aryl methyl sites for hydroxylation is 1. The largest absolute Gasteiger partial charge is 0.391 e. The second-order valence-electron chi connectivity index (χ2n) is 11.7. The monoisotopic (exact) mass is 694 g/mol. The highest BCUT2D eigenvalue weighted by Crippen LogP contribution is 2.49. The van der Waals surface area contributed by atoms with E-state index in [4.69, 9.17) is 0 Å². The fourth-order valence-corrected chi connectivity index (χ4v) is 6.34. The molecule has 0 bridgehead atoms. The standard InChI is InChI=1S/C29H35IN4O4S2/c1-18-23(39-17-32-18)20-8-6-19(7-9-20)15-31-25(36)22-14-21(35)16-34(22)26(37)24(28(2,3)4)33-27(38)29(11-12-29)10-5-13-40-30/h6-9,17,21-22,24,35H,10-12,14-16H2,1-4H3,(H,31,36)(H,33,38)/t21-,22+,24-/m1/s1. The van der Waals surface area contributed by atoms with E-state index in [0.29, 0.717) is 13.0 Å². The number of halogens is 1. The number of hydrogen-bond donors (Lipinski definition) is 3. The first-order valence-corrected chi connectivity index (χ1v) is 17.5. The van der Waals surface area contributed by atoms with Crippen molar-refractivity contribution in [3.63, 3.8) is 0 Å². The van der Waals surface area contributed by atoms with Gasteiger partial charge in [0.15, 0.2) is 0 Å². The molecule has 2 fully saturated rings. The van der Waals surface area contributed by atoms with Crippen molar-refractivity contribution >= 4 is 59.2 Å². The number of rotatable bonds is 8. The number of aliphatic hydroxyl groups excluding tert-OH is 1. The van der Waals surface area contributed by atoms with Gasteiger partial charge in [0.2, 0.25) is 17.7 Å². The molecule has 1 saturated carbocycles. The number of β-amino-alcohol motifs (C(OH)–C–C–N with tert-alkyl or cyclic N) is 1. The van der Waals surface area contributed by atoms with Gasteiger partial charge < -0.3 is 20.6 Å². The Balaban J connectivity index is 1.42. The van der Waals surface area contributed by atoms with Gasteiger partial charge in [-0.2, -0.15) is 0 Å². The summed E-state index contributed by atoms with van der Waals surface area (Å²) in [5, 5.41) is 19.3. The van der Waals surface area contributed by atoms with E-state index < -0.39 is 29.0 Å². The maximum absolute atomic E-state index is 13.8. The molecule has 1 aliphatic heterocycles. The molecular formula is C29H35IN4O4S2. The maximum atomic E-state index is 13.8. The van der Waals surface area contributed by atoms with Gasteiger partial charge >= 0.3 is 0 Å². The van der Waals surface area contributed by atoms with Gasteiger partial charge in [0.1, 0.15) is 12.1 Å². The number of hydrogen-bond acceptors (Lipinski definition) is 7. The molecule has 1 aromatic carbocycles. The summed E-state index contributed by atoms with van der Waals surface area (Å²) >= 11 is 3.68. The molecule has 0 unspecified atom stereocenters. The molecule has 8 nitrogen and oxygen atoms in total. The van der Waals surface area contributed by atoms with Crippen LogP contribution in [0.3, 0.4) is 0 Å². The number of aliphatic hydroxyl groups is 1. The smallest absolute Gasteiger partial charge is 0.246 e. The molecule has 3 amide bonds. The summed E-state index contributed by atoms with van der Waals surface area (Å²) in [7, 11) is 1.38. The summed E-state index contributed by atoms with van der Waals surface area (Å²) in [6, 6.07) is 6.28. The van der Waals surface area contributed by atoms with E-state index >= 15 is 0 Å². The Morgan fingerprint density at radius 1 is 1.27 bits per heavy atom. The number of carbonyl (C=O) groups excluding carboxylic acids is 3. The molecule has 2 aliphatic rings. The van der Waals surface area contributed by atoms with Crippen LogP contribution in [0.5, 0.6) is 0 Å². The zero-order valence-corrected chi connectivity index (χ0v) is 26.9. The average Bonchev–Trinajstić information content (AvgIpc) is 3.41. The van der Waals surface area contributed by atoms with Crippen LogP contribution in [0.2, 0.25) is 0 Å². The van der Waals surface area contributed by atoms with Crippen molar-refractivity contribution in [2.24, 2.45) is 10.8 Å². The Labute approximate surface area is 256 Å². The van der Waals surface area contributed by atoms with Gasteiger partial charge in [-0.05, 0) is 50.5 Å². The Morgan fingerprint density at radius 3 is 2.55 bits per heavy atom. The van der Waals surface area contributed by atoms with Gasteiger partial charge in [-0.1, -0.05) is 51.0 Å². The molecule has 0 radical (unpaired) electrons. The van der Waals surface area contributed by atoms with E-state index in [-0.39, 0.29) is 30.7 Å². The molecule has 0 spiro atoms. The number of aromatic nitrogens is 1. The zero-order valence-electron chi connectivity index (χ0n) is 23.1. The summed E-state index contributed by atoms with van der Waals surface area (Å²) in [5.74, 6) is 2.19. The summed E-state index contributed by atoms with van der Waals surface area (Å²) in [4.78, 5) is 47.2. The summed E-state index contributed by atoms with van der Waals surface area (Å²) < 4.78 is 0. The van der Waals surface area contributed by atoms with Crippen LogP contribution in [-0.2, 0) is 20.9 Å². The van der Waals surface area contributed by atoms with Crippen molar-refractivity contribution in [1.82, 2.24) is 20.5 Å². The third-order valence-corrected chi connectivity index (χ3v) is 9.41. The molecule has 3 N–H and O–H groups in total. The quantitative estimate of drug-likeness (QED) is 0.279. The van der Waals surface area contributed by atoms with Crippen LogP contribution in [0, 0.1) is 28.9 Å². The van der Waals surface area contributed by atoms with Crippen molar-refractivity contribution in [3.8, 4) is 21.6 Å². The summed E-state index contributed by atoms with van der Waals surface area (Å²) in [5.41, 5.74) is 3.65. The molecule has 4 rings (SSSR count). The molecular weight excluding hydrogens is 659 g/mol. The first-order valence-electron chi connectivity index (χ1n) is 13.3. The fraction of sp³-hybridized carbons (Fsp3) is 0.517. The number of carbonyl (C=O) groups is 3. The molecule has 11 heteroatoms. The first kappa shape index (κ1) is 30.8. The van der Waals surface area contributed by atoms with E-state index in [9.17, 15) is 19.5 Å². The highest BCUT2D eigenvalue weighted by atomic mass is 127. The van der Waals surface area contributed by atoms with Crippen LogP contribution in [0.1, 0.15) is 57.7 Å². The molecule has 1 aliphatic carbocycles. The number of likely N-dealkylation sites (tertiary alicyclic amines) is 1. The molecule has 1 aromatic heterocycles. The SMILES string of the molecule is Cc1ncsc1-c1ccc(CNC(=O)[C@@H]2C[C@@H](O)CN2C(=O)[C@@H](NC(=O)C2(CC#CSI)CC2)C(C)(C)C)cc1. The number of nitrogens with zero attached hydrogens (tertiary/aromatic N) is 2. The van der Waals surface area contributed by atoms with Gasteiger partial charge in [-0.3, -0.25) is 14.4 Å². The second-order valence-corrected chi connectivity index (χ2v) is 14.2. The lowest BCUT2D eigenvalue weighted by molar-refractivity contribution is -0.144. The second kappa shape index (κ2) is 12.8. The van der Waals surface area contributed by atoms with Crippen LogP contribution in [-0.4, -0.2) is 57.4 Å². The fourth-order valence-electron chi connectivity index (χ4n) is 4.93. The molecule has 3 atom stereocenters. The molecule has 2 heterocycles. The number of nitrogens with one attached hydrogen (secondary N) is 2. The van der Waals surface area contributed by atoms with Crippen molar-refractivity contribution in [3.05, 3.63) is 41.0 Å². The predicted molar refractivity (Wildman–Crippen MR) is 167 cm³/mol. The topological polar surface area (TPSA) is 112 Å². The number of amides is 3. The van der Waals surface area contributed by atoms with E-state index in [1.165, 1.54) is 13.8 Å². The molecule has 2 aromatic rings. The maximum Gasteiger partial charge on any atom is 0.246 e. The Hall–Kier alpha value is -2.14. The number of benzene rings is 1. The van der Waals surface area contributed by atoms with Gasteiger partial charge in [-0.15, -0.1) is 11.3 Å². The normalized spacial score (nSPS) is 20.3. The minimum absolute atomic E-state index is 0.0474. The lowest BCUT2D eigenvalue weighted by Crippen LogP contribution is -2.58. The molecule has 1 saturated heterocycles. The lowest BCUT2D eigenvalue weighted by atomic mass is 9.84. The third kappa shape index (κ3) is 7.19. The van der Waals surface area contributed by atoms with Crippen molar-refractivity contribution in [2.45, 2.75) is 78.1 Å². The molecule has 40 heavy (non-hydrogen) atoms. The van der Waals surface area contributed by atoms with Crippen LogP contribution in [0.25, 0.3) is 10.4 Å². The van der Waals surface area contributed by atoms with Crippen LogP contribution >= 0.6 is 41.5 Å². The first-order chi connectivity index (χ1) is 18.9. The van der Waals surface area contributed by atoms with Crippen molar-refractivity contribution in [1.29, 1.82) is 0 Å². The van der Waals surface area contributed by atoms with Crippen molar-refractivity contribution in [2.75, 3.05) is 6.54 Å². The minimum atomic E-state index is -0.840. The van der Waals surface area contributed by atoms with E-state index in [1.807, 2.05) is 57.5 Å². The minimum Gasteiger partial charge on any atom is -0.391 e. The molecule has 214 valence electrons. The van der Waals surface area contributed by atoms with Crippen LogP contribution < -0.4 is 10.6 Å². The van der Waals surface area contributed by atoms with Gasteiger partial charge in [0.05, 0.1) is 27.6 Å². The lowest BCUT2D eigenvalue weighted by Gasteiger charge is -2.36. The Morgan fingerprint density at radius 2 is 1.98 bits per heavy atom. The van der Waals surface area contributed by atoms with E-state index in [2.05, 4.69) is 48.0 Å². The highest BCUT2D eigenvalue weighted by Gasteiger charge is 2.52. The van der Waals surface area contributed by atoms with Crippen molar-refractivity contribution < 1.29 is 19.5 Å². The van der Waals surface area contributed by atoms with E-state index in [1.54, 1.807) is 11.3 Å². The van der Waals surface area contributed by atoms with Gasteiger partial charge in [-0.25, -0.2) is 4.98 Å². The van der Waals surface area contributed by atoms with Crippen LogP contribution in [0.4, 0.5) is 0 Å². The van der Waals surface area contributed by atoms with Gasteiger partial charge in [0.25, 0.3) is 0 Å². The van der Waals surface area contributed by atoms with Gasteiger partial charge in [0, 0.05) is 47.1 Å². The third-order valence-electron chi connectivity index (χ3n) is 7.55. The van der Waals surface area contributed by atoms with Crippen LogP contribution in [0.15, 0.2) is 29.8 Å². The van der Waals surface area contributed by atoms with E-state index in [0.717, 1.165) is 34.5 Å². The highest BCUT2D eigenvalue weighted by molar-refractivity contribution is 14.2. The predicted octanol–water partition coefficient (Wildman–Crippen LogP) is 4.44.